The zero-order chi connectivity index (χ0) is 31.4. The number of nitrogens with zero attached hydrogens (tertiary/aromatic N) is 4. The second-order valence-corrected chi connectivity index (χ2v) is 9.45. The molecule has 3 rings (SSSR count). The summed E-state index contributed by atoms with van der Waals surface area (Å²) in [6, 6.07) is 16.2. The highest BCUT2D eigenvalue weighted by atomic mass is 32.1. The number of aromatic hydroxyl groups is 3. The van der Waals surface area contributed by atoms with Crippen LogP contribution >= 0.6 is 25.3 Å². The van der Waals surface area contributed by atoms with E-state index in [0.717, 1.165) is 0 Å². The highest BCUT2D eigenvalue weighted by molar-refractivity contribution is 7.97. The van der Waals surface area contributed by atoms with E-state index in [1.165, 1.54) is 32.4 Å². The fourth-order valence-corrected chi connectivity index (χ4v) is 3.64. The maximum absolute atomic E-state index is 10.6. The van der Waals surface area contributed by atoms with Gasteiger partial charge in [-0.1, -0.05) is 42.5 Å². The number of methoxy groups -OCH3 is 2. The molecule has 0 bridgehead atoms. The number of allylic oxidation sites excluding steroid dienone is 3. The highest BCUT2D eigenvalue weighted by Gasteiger charge is 2.14. The van der Waals surface area contributed by atoms with E-state index in [-0.39, 0.29) is 50.5 Å². The summed E-state index contributed by atoms with van der Waals surface area (Å²) in [5.74, 6) is 0.503. The van der Waals surface area contributed by atoms with Crippen molar-refractivity contribution in [2.24, 2.45) is 31.9 Å². The Morgan fingerprint density at radius 1 is 0.674 bits per heavy atom. The summed E-state index contributed by atoms with van der Waals surface area (Å²) in [5.41, 5.74) is 13.9. The standard InChI is InChI=1S/C30H30N6O5S2/c1-40-27-15-18(9-13-25(27)38)7-11-22(33-35-29(31)42)21(17-20-5-3-4-6-24(20)37)23(34-36-30(32)43)12-8-19-10-14-26(39)28(16-19)41-2/h3-17,37-39H,1-2H3,(H3,31,35,42)(H3,32,36,43)/b11-7+,12-8+,33-22+,34-23+. The van der Waals surface area contributed by atoms with E-state index >= 15 is 0 Å². The molecule has 0 aliphatic heterocycles. The van der Waals surface area contributed by atoms with E-state index in [0.29, 0.717) is 22.3 Å². The number of para-hydroxylation sites is 1. The van der Waals surface area contributed by atoms with Crippen LogP contribution in [0.5, 0.6) is 28.7 Å². The summed E-state index contributed by atoms with van der Waals surface area (Å²) >= 11 is 8.07. The second-order valence-electron chi connectivity index (χ2n) is 8.53. The van der Waals surface area contributed by atoms with Crippen LogP contribution in [0.1, 0.15) is 16.7 Å². The summed E-state index contributed by atoms with van der Waals surface area (Å²) in [6.07, 6.45) is 8.28. The fourth-order valence-electron chi connectivity index (χ4n) is 3.55. The van der Waals surface area contributed by atoms with Gasteiger partial charge in [-0.25, -0.2) is 0 Å². The van der Waals surface area contributed by atoms with E-state index in [2.05, 4.69) is 45.7 Å². The van der Waals surface area contributed by atoms with Gasteiger partial charge in [0.15, 0.2) is 33.3 Å². The Labute approximate surface area is 259 Å². The first-order chi connectivity index (χ1) is 20.6. The first-order valence-corrected chi connectivity index (χ1v) is 13.3. The summed E-state index contributed by atoms with van der Waals surface area (Å²) in [4.78, 5) is 0. The van der Waals surface area contributed by atoms with E-state index in [1.54, 1.807) is 72.8 Å². The number of phenolic OH excluding ortho intramolecular Hbond substituents is 3. The molecule has 7 N–H and O–H groups in total. The molecule has 0 saturated heterocycles. The minimum Gasteiger partial charge on any atom is -0.507 e. The molecule has 0 aliphatic rings. The monoisotopic (exact) mass is 618 g/mol. The van der Waals surface area contributed by atoms with Crippen molar-refractivity contribution in [3.8, 4) is 28.7 Å². The van der Waals surface area contributed by atoms with Crippen LogP contribution in [-0.2, 0) is 0 Å². The van der Waals surface area contributed by atoms with Crippen molar-refractivity contribution in [2.45, 2.75) is 0 Å². The van der Waals surface area contributed by atoms with Crippen molar-refractivity contribution < 1.29 is 24.8 Å². The van der Waals surface area contributed by atoms with Gasteiger partial charge in [-0.05, 0) is 59.7 Å². The Bertz CT molecular complexity index is 1570. The van der Waals surface area contributed by atoms with Crippen molar-refractivity contribution in [1.29, 1.82) is 0 Å². The number of hydrogen-bond donors (Lipinski definition) is 7. The summed E-state index contributed by atoms with van der Waals surface area (Å²) in [6.45, 7) is 0. The van der Waals surface area contributed by atoms with Gasteiger partial charge in [0.1, 0.15) is 5.75 Å². The summed E-state index contributed by atoms with van der Waals surface area (Å²) in [5, 5.41) is 46.8. The van der Waals surface area contributed by atoms with Crippen molar-refractivity contribution in [2.75, 3.05) is 14.2 Å². The lowest BCUT2D eigenvalue weighted by Crippen LogP contribution is -2.11. The lowest BCUT2D eigenvalue weighted by atomic mass is 9.99. The third kappa shape index (κ3) is 9.73. The topological polar surface area (TPSA) is 181 Å². The third-order valence-electron chi connectivity index (χ3n) is 5.58. The van der Waals surface area contributed by atoms with Crippen molar-refractivity contribution in [3.05, 3.63) is 95.1 Å². The molecule has 0 heterocycles. The number of thiol groups is 2. The molecule has 0 spiro atoms. The molecule has 43 heavy (non-hydrogen) atoms. The molecular formula is C30H30N6O5S2. The molecule has 0 aromatic heterocycles. The SMILES string of the molecule is COc1cc(/C=C/C(=N\N=C(\N)S)C(=Cc2ccccc2O)C(/C=C/c2ccc(O)c(OC)c2)=N/N=C(/N)S)ccc1O. The second kappa shape index (κ2) is 15.7. The fraction of sp³-hybridized carbons (Fsp3) is 0.0667. The van der Waals surface area contributed by atoms with Crippen LogP contribution in [0.2, 0.25) is 0 Å². The zero-order valence-electron chi connectivity index (χ0n) is 23.2. The zero-order valence-corrected chi connectivity index (χ0v) is 24.9. The van der Waals surface area contributed by atoms with E-state index in [9.17, 15) is 15.3 Å². The molecule has 0 atom stereocenters. The van der Waals surface area contributed by atoms with Gasteiger partial charge in [0.25, 0.3) is 0 Å². The quantitative estimate of drug-likeness (QED) is 0.0695. The molecule has 3 aromatic carbocycles. The molecule has 0 amide bonds. The van der Waals surface area contributed by atoms with Crippen LogP contribution in [0.3, 0.4) is 0 Å². The van der Waals surface area contributed by atoms with Crippen LogP contribution in [0.25, 0.3) is 18.2 Å². The van der Waals surface area contributed by atoms with Crippen molar-refractivity contribution >= 4 is 65.2 Å². The molecule has 0 saturated carbocycles. The molecule has 13 heteroatoms. The maximum Gasteiger partial charge on any atom is 0.177 e. The minimum atomic E-state index is -0.109. The van der Waals surface area contributed by atoms with Gasteiger partial charge in [-0.15, -0.1) is 45.7 Å². The minimum absolute atomic E-state index is 0.00683. The highest BCUT2D eigenvalue weighted by Crippen LogP contribution is 2.28. The third-order valence-corrected chi connectivity index (χ3v) is 5.76. The first-order valence-electron chi connectivity index (χ1n) is 12.4. The van der Waals surface area contributed by atoms with Gasteiger partial charge in [0.2, 0.25) is 0 Å². The average molecular weight is 619 g/mol. The van der Waals surface area contributed by atoms with Crippen molar-refractivity contribution in [3.63, 3.8) is 0 Å². The molecule has 0 aliphatic carbocycles. The lowest BCUT2D eigenvalue weighted by Gasteiger charge is -2.10. The largest absolute Gasteiger partial charge is 0.507 e. The van der Waals surface area contributed by atoms with Gasteiger partial charge in [0.05, 0.1) is 25.6 Å². The average Bonchev–Trinajstić information content (AvgIpc) is 2.98. The normalized spacial score (nSPS) is 13.0. The van der Waals surface area contributed by atoms with Gasteiger partial charge in [-0.3, -0.25) is 0 Å². The maximum atomic E-state index is 10.6. The number of ether oxygens (including phenoxy) is 2. The Morgan fingerprint density at radius 2 is 1.14 bits per heavy atom. The molecular weight excluding hydrogens is 589 g/mol. The van der Waals surface area contributed by atoms with E-state index < -0.39 is 0 Å². The summed E-state index contributed by atoms with van der Waals surface area (Å²) < 4.78 is 10.4. The molecule has 11 nitrogen and oxygen atoms in total. The van der Waals surface area contributed by atoms with Crippen LogP contribution in [0.4, 0.5) is 0 Å². The smallest absolute Gasteiger partial charge is 0.177 e. The molecule has 222 valence electrons. The van der Waals surface area contributed by atoms with Crippen LogP contribution in [-0.4, -0.2) is 51.3 Å². The Balaban J connectivity index is 2.28. The van der Waals surface area contributed by atoms with Gasteiger partial charge in [0, 0.05) is 11.1 Å². The van der Waals surface area contributed by atoms with Crippen molar-refractivity contribution in [1.82, 2.24) is 0 Å². The molecule has 0 fully saturated rings. The molecule has 0 radical (unpaired) electrons. The van der Waals surface area contributed by atoms with Crippen LogP contribution in [0.15, 0.2) is 98.8 Å². The number of nitrogens with two attached hydrogens (primary N) is 2. The number of amidine groups is 2. The van der Waals surface area contributed by atoms with Crippen LogP contribution in [0, 0.1) is 0 Å². The Hall–Kier alpha value is -5.14. The predicted octanol–water partition coefficient (Wildman–Crippen LogP) is 4.83. The Kier molecular flexibility index (Phi) is 11.9. The number of rotatable bonds is 11. The number of hydrogen-bond acceptors (Lipinski definition) is 9. The lowest BCUT2D eigenvalue weighted by molar-refractivity contribution is 0.373. The number of benzene rings is 3. The van der Waals surface area contributed by atoms with E-state index in [4.69, 9.17) is 20.9 Å². The predicted molar refractivity (Wildman–Crippen MR) is 180 cm³/mol. The van der Waals surface area contributed by atoms with Gasteiger partial charge < -0.3 is 36.3 Å². The van der Waals surface area contributed by atoms with E-state index in [1.807, 2.05) is 0 Å². The van der Waals surface area contributed by atoms with Gasteiger partial charge in [-0.2, -0.15) is 0 Å². The first kappa shape index (κ1) is 32.4. The molecule has 3 aromatic rings. The number of phenols is 3. The molecule has 0 unspecified atom stereocenters. The van der Waals surface area contributed by atoms with Crippen LogP contribution < -0.4 is 20.9 Å². The summed E-state index contributed by atoms with van der Waals surface area (Å²) in [7, 11) is 2.89. The van der Waals surface area contributed by atoms with Gasteiger partial charge >= 0.3 is 0 Å². The Morgan fingerprint density at radius 3 is 1.56 bits per heavy atom.